The zero-order valence-corrected chi connectivity index (χ0v) is 34.1. The predicted octanol–water partition coefficient (Wildman–Crippen LogP) is 8.42. The second-order valence-corrected chi connectivity index (χ2v) is 18.0. The third kappa shape index (κ3) is 7.91. The standard InChI is InChI=1S/C49H68O7/c1-35(14-13-28-56-49(36-15-7-4-8-16-36,37-17-9-5-10-18-37)38-19-11-6-12-20-38)41-21-22-42-46-43(34-45(48(41,42)3)55-31-27-52)47(2)24-23-40(53-29-25-50)32-39(47)33-44(46)54-30-26-51/h4-12,15-20,35,39-46,50-52H,13-14,21-34H2,1-3H3/t35-,39?,40-,41-,42+,43+,44-,45+,46?,47+,48-/m1/s1. The summed E-state index contributed by atoms with van der Waals surface area (Å²) in [6, 6.07) is 32.0. The van der Waals surface area contributed by atoms with E-state index in [0.29, 0.717) is 61.9 Å². The van der Waals surface area contributed by atoms with Crippen molar-refractivity contribution in [1.82, 2.24) is 0 Å². The van der Waals surface area contributed by atoms with E-state index in [4.69, 9.17) is 18.9 Å². The van der Waals surface area contributed by atoms with Crippen LogP contribution >= 0.6 is 0 Å². The SMILES string of the molecule is C[C@H](CCCOC(c1ccccc1)(c1ccccc1)c1ccccc1)[C@H]1CC[C@H]2C3[C@H](OCCO)CC4C[C@H](OCCO)CC[C@]4(C)[C@H]3C[C@H](OCCO)[C@]12C. The van der Waals surface area contributed by atoms with Gasteiger partial charge in [0, 0.05) is 12.0 Å². The van der Waals surface area contributed by atoms with E-state index in [1.54, 1.807) is 0 Å². The number of hydrogen-bond acceptors (Lipinski definition) is 7. The van der Waals surface area contributed by atoms with Gasteiger partial charge in [-0.25, -0.2) is 0 Å². The normalized spacial score (nSPS) is 33.3. The number of benzene rings is 3. The van der Waals surface area contributed by atoms with E-state index in [9.17, 15) is 15.3 Å². The first kappa shape index (κ1) is 41.5. The fraction of sp³-hybridized carbons (Fsp3) is 0.633. The molecule has 0 saturated heterocycles. The molecule has 3 aromatic carbocycles. The molecule has 306 valence electrons. The molecule has 0 heterocycles. The maximum atomic E-state index is 10.0. The zero-order chi connectivity index (χ0) is 39.2. The van der Waals surface area contributed by atoms with Crippen LogP contribution < -0.4 is 0 Å². The molecule has 0 aliphatic heterocycles. The molecule has 4 saturated carbocycles. The molecule has 0 amide bonds. The molecular formula is C49H68O7. The second-order valence-electron chi connectivity index (χ2n) is 18.0. The number of ether oxygens (including phenoxy) is 4. The van der Waals surface area contributed by atoms with Gasteiger partial charge in [-0.3, -0.25) is 0 Å². The van der Waals surface area contributed by atoms with Crippen molar-refractivity contribution in [3.05, 3.63) is 108 Å². The Labute approximate surface area is 336 Å². The molecule has 0 radical (unpaired) electrons. The van der Waals surface area contributed by atoms with E-state index in [-0.39, 0.29) is 49.0 Å². The summed E-state index contributed by atoms with van der Waals surface area (Å²) < 4.78 is 26.8. The van der Waals surface area contributed by atoms with Crippen molar-refractivity contribution in [1.29, 1.82) is 0 Å². The van der Waals surface area contributed by atoms with Crippen LogP contribution in [0.3, 0.4) is 0 Å². The first-order chi connectivity index (χ1) is 27.3. The van der Waals surface area contributed by atoms with Crippen LogP contribution in [0.5, 0.6) is 0 Å². The Balaban J connectivity index is 1.12. The van der Waals surface area contributed by atoms with Gasteiger partial charge in [-0.1, -0.05) is 112 Å². The van der Waals surface area contributed by atoms with Crippen molar-refractivity contribution < 1.29 is 34.3 Å². The average Bonchev–Trinajstić information content (AvgIpc) is 3.60. The van der Waals surface area contributed by atoms with E-state index in [1.165, 1.54) is 0 Å². The van der Waals surface area contributed by atoms with Crippen molar-refractivity contribution in [2.75, 3.05) is 46.2 Å². The summed E-state index contributed by atoms with van der Waals surface area (Å²) in [5.74, 6) is 2.69. The van der Waals surface area contributed by atoms with E-state index >= 15 is 0 Å². The van der Waals surface area contributed by atoms with Crippen LogP contribution in [0.1, 0.15) is 95.2 Å². The molecular weight excluding hydrogens is 701 g/mol. The van der Waals surface area contributed by atoms with Gasteiger partial charge >= 0.3 is 0 Å². The minimum absolute atomic E-state index is 0.0287. The summed E-state index contributed by atoms with van der Waals surface area (Å²) >= 11 is 0. The number of fused-ring (bicyclic) bond motifs is 5. The molecule has 56 heavy (non-hydrogen) atoms. The molecule has 4 aliphatic rings. The Kier molecular flexibility index (Phi) is 13.7. The predicted molar refractivity (Wildman–Crippen MR) is 220 cm³/mol. The van der Waals surface area contributed by atoms with E-state index in [1.807, 2.05) is 0 Å². The van der Waals surface area contributed by atoms with Crippen LogP contribution in [0.4, 0.5) is 0 Å². The van der Waals surface area contributed by atoms with Gasteiger partial charge in [0.05, 0.1) is 58.0 Å². The average molecular weight is 769 g/mol. The smallest absolute Gasteiger partial charge is 0.143 e. The Hall–Kier alpha value is -2.62. The van der Waals surface area contributed by atoms with Crippen LogP contribution in [0.2, 0.25) is 0 Å². The van der Waals surface area contributed by atoms with Gasteiger partial charge in [0.2, 0.25) is 0 Å². The molecule has 2 unspecified atom stereocenters. The molecule has 7 nitrogen and oxygen atoms in total. The van der Waals surface area contributed by atoms with Gasteiger partial charge in [-0.05, 0) is 115 Å². The van der Waals surface area contributed by atoms with Crippen molar-refractivity contribution in [2.45, 2.75) is 102 Å². The van der Waals surface area contributed by atoms with Crippen LogP contribution in [-0.2, 0) is 24.5 Å². The highest BCUT2D eigenvalue weighted by Crippen LogP contribution is 2.69. The molecule has 3 aromatic rings. The van der Waals surface area contributed by atoms with Crippen LogP contribution in [0, 0.1) is 46.3 Å². The summed E-state index contributed by atoms with van der Waals surface area (Å²) in [6.45, 7) is 9.37. The molecule has 3 N–H and O–H groups in total. The molecule has 7 heteroatoms. The van der Waals surface area contributed by atoms with Gasteiger partial charge < -0.3 is 34.3 Å². The van der Waals surface area contributed by atoms with E-state index in [0.717, 1.165) is 74.5 Å². The highest BCUT2D eigenvalue weighted by molar-refractivity contribution is 5.47. The number of aliphatic hydroxyl groups is 3. The third-order valence-electron chi connectivity index (χ3n) is 15.4. The lowest BCUT2D eigenvalue weighted by molar-refractivity contribution is -0.229. The summed E-state index contributed by atoms with van der Waals surface area (Å²) in [5, 5.41) is 29.4. The Bertz CT molecular complexity index is 1520. The van der Waals surface area contributed by atoms with E-state index in [2.05, 4.69) is 112 Å². The molecule has 0 aromatic heterocycles. The minimum Gasteiger partial charge on any atom is -0.394 e. The highest BCUT2D eigenvalue weighted by Gasteiger charge is 2.66. The lowest BCUT2D eigenvalue weighted by atomic mass is 9.43. The summed E-state index contributed by atoms with van der Waals surface area (Å²) in [5.41, 5.74) is 2.76. The maximum Gasteiger partial charge on any atom is 0.143 e. The molecule has 11 atom stereocenters. The lowest BCUT2D eigenvalue weighted by Crippen LogP contribution is -2.63. The Morgan fingerprint density at radius 3 is 1.82 bits per heavy atom. The Morgan fingerprint density at radius 1 is 0.661 bits per heavy atom. The molecule has 7 rings (SSSR count). The fourth-order valence-corrected chi connectivity index (χ4v) is 12.9. The molecule has 4 fully saturated rings. The summed E-state index contributed by atoms with van der Waals surface area (Å²) in [4.78, 5) is 0. The Morgan fingerprint density at radius 2 is 1.23 bits per heavy atom. The van der Waals surface area contributed by atoms with Gasteiger partial charge in [-0.15, -0.1) is 0 Å². The fourth-order valence-electron chi connectivity index (χ4n) is 12.9. The second kappa shape index (κ2) is 18.5. The lowest BCUT2D eigenvalue weighted by Gasteiger charge is -2.64. The van der Waals surface area contributed by atoms with E-state index < -0.39 is 5.60 Å². The first-order valence-electron chi connectivity index (χ1n) is 21.8. The van der Waals surface area contributed by atoms with Crippen molar-refractivity contribution in [3.8, 4) is 0 Å². The molecule has 0 spiro atoms. The third-order valence-corrected chi connectivity index (χ3v) is 15.4. The van der Waals surface area contributed by atoms with Crippen LogP contribution in [0.25, 0.3) is 0 Å². The molecule has 4 aliphatic carbocycles. The first-order valence-corrected chi connectivity index (χ1v) is 21.8. The monoisotopic (exact) mass is 768 g/mol. The largest absolute Gasteiger partial charge is 0.394 e. The van der Waals surface area contributed by atoms with Crippen molar-refractivity contribution in [3.63, 3.8) is 0 Å². The number of hydrogen-bond donors (Lipinski definition) is 3. The van der Waals surface area contributed by atoms with Gasteiger partial charge in [0.15, 0.2) is 0 Å². The summed E-state index contributed by atoms with van der Waals surface area (Å²) in [7, 11) is 0. The number of aliphatic hydroxyl groups excluding tert-OH is 3. The van der Waals surface area contributed by atoms with Crippen LogP contribution in [0.15, 0.2) is 91.0 Å². The zero-order valence-electron chi connectivity index (χ0n) is 34.1. The molecule has 0 bridgehead atoms. The minimum atomic E-state index is -0.721. The maximum absolute atomic E-state index is 10.0. The van der Waals surface area contributed by atoms with Gasteiger partial charge in [0.1, 0.15) is 5.60 Å². The van der Waals surface area contributed by atoms with Crippen molar-refractivity contribution in [2.24, 2.45) is 46.3 Å². The quantitative estimate of drug-likeness (QED) is 0.0884. The van der Waals surface area contributed by atoms with Gasteiger partial charge in [-0.2, -0.15) is 0 Å². The van der Waals surface area contributed by atoms with Gasteiger partial charge in [0.25, 0.3) is 0 Å². The topological polar surface area (TPSA) is 97.6 Å². The number of rotatable bonds is 18. The van der Waals surface area contributed by atoms with Crippen molar-refractivity contribution >= 4 is 0 Å². The van der Waals surface area contributed by atoms with Crippen LogP contribution in [-0.4, -0.2) is 79.9 Å². The summed E-state index contributed by atoms with van der Waals surface area (Å²) in [6.07, 6.45) is 9.74. The highest BCUT2D eigenvalue weighted by atomic mass is 16.5.